The lowest BCUT2D eigenvalue weighted by atomic mass is 10.1. The third-order valence-electron chi connectivity index (χ3n) is 4.76. The molecule has 0 radical (unpaired) electrons. The minimum Gasteiger partial charge on any atom is -0.482 e. The lowest BCUT2D eigenvalue weighted by Crippen LogP contribution is -2.48. The Morgan fingerprint density at radius 2 is 1.62 bits per heavy atom. The predicted octanol–water partition coefficient (Wildman–Crippen LogP) is 3.34. The molecule has 0 saturated carbocycles. The van der Waals surface area contributed by atoms with Gasteiger partial charge < -0.3 is 14.7 Å². The number of nitrogens with zero attached hydrogens (tertiary/aromatic N) is 2. The average molecular weight is 437 g/mol. The highest BCUT2D eigenvalue weighted by Gasteiger charge is 2.22. The summed E-state index contributed by atoms with van der Waals surface area (Å²) in [6.07, 6.45) is 0.360. The lowest BCUT2D eigenvalue weighted by molar-refractivity contribution is -0.139. The molecule has 0 spiro atoms. The summed E-state index contributed by atoms with van der Waals surface area (Å²) < 4.78 is 5.37. The van der Waals surface area contributed by atoms with Crippen molar-refractivity contribution in [1.29, 1.82) is 0 Å². The fraction of sp³-hybridized carbons (Fsp3) is 0.333. The highest BCUT2D eigenvalue weighted by molar-refractivity contribution is 6.30. The first-order chi connectivity index (χ1) is 13.9. The van der Waals surface area contributed by atoms with E-state index < -0.39 is 12.6 Å². The van der Waals surface area contributed by atoms with Gasteiger partial charge in [0.2, 0.25) is 5.91 Å². The van der Waals surface area contributed by atoms with E-state index in [2.05, 4.69) is 4.90 Å². The van der Waals surface area contributed by atoms with Crippen LogP contribution in [-0.4, -0.2) is 59.6 Å². The third kappa shape index (κ3) is 6.35. The lowest BCUT2D eigenvalue weighted by Gasteiger charge is -2.35. The van der Waals surface area contributed by atoms with Gasteiger partial charge in [-0.15, -0.1) is 0 Å². The molecule has 0 atom stereocenters. The maximum atomic E-state index is 12.5. The number of rotatable bonds is 7. The number of aliphatic carboxylic acids is 1. The number of carbonyl (C=O) groups is 2. The highest BCUT2D eigenvalue weighted by Crippen LogP contribution is 2.25. The van der Waals surface area contributed by atoms with Crippen molar-refractivity contribution in [2.75, 3.05) is 32.8 Å². The van der Waals surface area contributed by atoms with Crippen molar-refractivity contribution in [3.63, 3.8) is 0 Å². The maximum absolute atomic E-state index is 12.5. The van der Waals surface area contributed by atoms with E-state index in [1.165, 1.54) is 0 Å². The summed E-state index contributed by atoms with van der Waals surface area (Å²) in [7, 11) is 0. The Morgan fingerprint density at radius 3 is 2.28 bits per heavy atom. The molecule has 2 aromatic carbocycles. The zero-order valence-electron chi connectivity index (χ0n) is 15.8. The Labute approximate surface area is 179 Å². The molecule has 8 heteroatoms. The molecular weight excluding hydrogens is 415 g/mol. The minimum atomic E-state index is -1.03. The van der Waals surface area contributed by atoms with Gasteiger partial charge in [-0.3, -0.25) is 9.69 Å². The Bertz CT molecular complexity index is 865. The molecule has 0 aliphatic carbocycles. The van der Waals surface area contributed by atoms with E-state index in [0.29, 0.717) is 41.8 Å². The largest absolute Gasteiger partial charge is 0.482 e. The first kappa shape index (κ1) is 21.4. The van der Waals surface area contributed by atoms with Crippen LogP contribution in [0.15, 0.2) is 42.5 Å². The SMILES string of the molecule is O=C(O)COc1ccc(Cl)cc1CN1CCN(C(=O)Cc2ccc(Cl)cc2)CC1. The maximum Gasteiger partial charge on any atom is 0.341 e. The molecule has 0 aromatic heterocycles. The van der Waals surface area contributed by atoms with Crippen LogP contribution < -0.4 is 4.74 Å². The molecule has 2 aromatic rings. The van der Waals surface area contributed by atoms with Gasteiger partial charge in [0.25, 0.3) is 0 Å². The number of hydrogen-bond donors (Lipinski definition) is 1. The smallest absolute Gasteiger partial charge is 0.341 e. The molecule has 3 rings (SSSR count). The Hall–Kier alpha value is -2.28. The predicted molar refractivity (Wildman–Crippen MR) is 112 cm³/mol. The number of carboxylic acid groups (broad SMARTS) is 1. The van der Waals surface area contributed by atoms with E-state index in [0.717, 1.165) is 24.2 Å². The standard InChI is InChI=1S/C21H22Cl2N2O4/c22-17-3-1-15(2-4-17)11-20(26)25-9-7-24(8-10-25)13-16-12-18(23)5-6-19(16)29-14-21(27)28/h1-6,12H,7-11,13-14H2,(H,27,28). The van der Waals surface area contributed by atoms with Crippen molar-refractivity contribution in [1.82, 2.24) is 9.80 Å². The van der Waals surface area contributed by atoms with Crippen molar-refractivity contribution in [2.45, 2.75) is 13.0 Å². The Morgan fingerprint density at radius 1 is 0.966 bits per heavy atom. The molecule has 1 aliphatic rings. The number of carbonyl (C=O) groups excluding carboxylic acids is 1. The van der Waals surface area contributed by atoms with Crippen LogP contribution in [0.1, 0.15) is 11.1 Å². The third-order valence-corrected chi connectivity index (χ3v) is 5.25. The van der Waals surface area contributed by atoms with E-state index in [1.54, 1.807) is 30.3 Å². The van der Waals surface area contributed by atoms with Gasteiger partial charge in [0, 0.05) is 48.3 Å². The fourth-order valence-corrected chi connectivity index (χ4v) is 3.56. The molecule has 154 valence electrons. The summed E-state index contributed by atoms with van der Waals surface area (Å²) in [5, 5.41) is 10.1. The second kappa shape index (κ2) is 9.96. The van der Waals surface area contributed by atoms with Gasteiger partial charge in [-0.1, -0.05) is 35.3 Å². The first-order valence-electron chi connectivity index (χ1n) is 9.28. The van der Waals surface area contributed by atoms with Crippen LogP contribution in [0.3, 0.4) is 0 Å². The monoisotopic (exact) mass is 436 g/mol. The summed E-state index contributed by atoms with van der Waals surface area (Å²) in [5.74, 6) is -0.419. The second-order valence-corrected chi connectivity index (χ2v) is 7.77. The molecule has 1 fully saturated rings. The molecule has 1 heterocycles. The average Bonchev–Trinajstić information content (AvgIpc) is 2.69. The molecule has 1 saturated heterocycles. The normalized spacial score (nSPS) is 14.6. The van der Waals surface area contributed by atoms with Gasteiger partial charge in [0.15, 0.2) is 6.61 Å². The number of halogens is 2. The van der Waals surface area contributed by atoms with Crippen LogP contribution in [0, 0.1) is 0 Å². The van der Waals surface area contributed by atoms with Crippen molar-refractivity contribution in [3.8, 4) is 5.75 Å². The van der Waals surface area contributed by atoms with Gasteiger partial charge in [0.05, 0.1) is 6.42 Å². The van der Waals surface area contributed by atoms with Crippen molar-refractivity contribution in [3.05, 3.63) is 63.6 Å². The van der Waals surface area contributed by atoms with Crippen LogP contribution in [0.4, 0.5) is 0 Å². The van der Waals surface area contributed by atoms with Gasteiger partial charge in [0.1, 0.15) is 5.75 Å². The second-order valence-electron chi connectivity index (χ2n) is 6.89. The molecule has 0 unspecified atom stereocenters. The molecule has 1 amide bonds. The molecular formula is C21H22Cl2N2O4. The number of benzene rings is 2. The summed E-state index contributed by atoms with van der Waals surface area (Å²) in [4.78, 5) is 27.4. The minimum absolute atomic E-state index is 0.0974. The first-order valence-corrected chi connectivity index (χ1v) is 10.0. The van der Waals surface area contributed by atoms with Crippen LogP contribution in [0.5, 0.6) is 5.75 Å². The van der Waals surface area contributed by atoms with E-state index in [4.69, 9.17) is 33.0 Å². The van der Waals surface area contributed by atoms with E-state index >= 15 is 0 Å². The van der Waals surface area contributed by atoms with Crippen LogP contribution in [0.25, 0.3) is 0 Å². The van der Waals surface area contributed by atoms with E-state index in [9.17, 15) is 9.59 Å². The summed E-state index contributed by atoms with van der Waals surface area (Å²) in [5.41, 5.74) is 1.78. The van der Waals surface area contributed by atoms with Crippen molar-refractivity contribution >= 4 is 35.1 Å². The van der Waals surface area contributed by atoms with E-state index in [-0.39, 0.29) is 5.91 Å². The quantitative estimate of drug-likeness (QED) is 0.720. The summed E-state index contributed by atoms with van der Waals surface area (Å²) >= 11 is 12.0. The van der Waals surface area contributed by atoms with Gasteiger partial charge in [-0.2, -0.15) is 0 Å². The van der Waals surface area contributed by atoms with Crippen LogP contribution in [0.2, 0.25) is 10.0 Å². The molecule has 29 heavy (non-hydrogen) atoms. The molecule has 0 bridgehead atoms. The topological polar surface area (TPSA) is 70.1 Å². The van der Waals surface area contributed by atoms with E-state index in [1.807, 2.05) is 17.0 Å². The Kier molecular flexibility index (Phi) is 7.36. The number of carboxylic acids is 1. The van der Waals surface area contributed by atoms with Gasteiger partial charge in [-0.25, -0.2) is 4.79 Å². The Balaban J connectivity index is 1.54. The van der Waals surface area contributed by atoms with Crippen LogP contribution >= 0.6 is 23.2 Å². The van der Waals surface area contributed by atoms with Crippen LogP contribution in [-0.2, 0) is 22.6 Å². The highest BCUT2D eigenvalue weighted by atomic mass is 35.5. The van der Waals surface area contributed by atoms with Crippen molar-refractivity contribution in [2.24, 2.45) is 0 Å². The number of ether oxygens (including phenoxy) is 1. The zero-order valence-corrected chi connectivity index (χ0v) is 17.3. The molecule has 1 N–H and O–H groups in total. The number of amides is 1. The zero-order chi connectivity index (χ0) is 20.8. The molecule has 6 nitrogen and oxygen atoms in total. The van der Waals surface area contributed by atoms with Gasteiger partial charge >= 0.3 is 5.97 Å². The number of hydrogen-bond acceptors (Lipinski definition) is 4. The molecule has 1 aliphatic heterocycles. The summed E-state index contributed by atoms with van der Waals surface area (Å²) in [6, 6.07) is 12.5. The number of piperazine rings is 1. The van der Waals surface area contributed by atoms with Gasteiger partial charge in [-0.05, 0) is 35.9 Å². The summed E-state index contributed by atoms with van der Waals surface area (Å²) in [6.45, 7) is 2.89. The van der Waals surface area contributed by atoms with Crippen molar-refractivity contribution < 1.29 is 19.4 Å². The fourth-order valence-electron chi connectivity index (χ4n) is 3.24.